The Balaban J connectivity index is 1.30. The molecule has 5 heterocycles. The van der Waals surface area contributed by atoms with E-state index in [1.54, 1.807) is 0 Å². The van der Waals surface area contributed by atoms with Gasteiger partial charge in [0.15, 0.2) is 0 Å². The lowest BCUT2D eigenvalue weighted by atomic mass is 10.1. The van der Waals surface area contributed by atoms with Crippen molar-refractivity contribution < 1.29 is 0 Å². The summed E-state index contributed by atoms with van der Waals surface area (Å²) < 4.78 is 10.0. The van der Waals surface area contributed by atoms with Gasteiger partial charge in [-0.2, -0.15) is 0 Å². The molecule has 0 bridgehead atoms. The molecule has 13 rings (SSSR count). The van der Waals surface area contributed by atoms with Crippen LogP contribution in [0.25, 0.3) is 110 Å². The second kappa shape index (κ2) is 9.39. The molecule has 0 aliphatic heterocycles. The molecule has 5 aromatic heterocycles. The van der Waals surface area contributed by atoms with E-state index in [-0.39, 0.29) is 0 Å². The zero-order valence-electron chi connectivity index (χ0n) is 28.0. The molecule has 0 unspecified atom stereocenters. The average Bonchev–Trinajstić information content (AvgIpc) is 3.93. The number of aromatic nitrogens is 4. The second-order valence-electron chi connectivity index (χ2n) is 14.1. The van der Waals surface area contributed by atoms with Gasteiger partial charge in [-0.15, -0.1) is 0 Å². The molecule has 0 fully saturated rings. The summed E-state index contributed by atoms with van der Waals surface area (Å²) in [5.41, 5.74) is 14.7. The number of hydrogen-bond acceptors (Lipinski definition) is 0. The Kier molecular flexibility index (Phi) is 4.83. The number of para-hydroxylation sites is 6. The first kappa shape index (κ1) is 26.8. The average molecular weight is 661 g/mol. The fourth-order valence-electron chi connectivity index (χ4n) is 9.73. The molecule has 0 atom stereocenters. The van der Waals surface area contributed by atoms with Crippen molar-refractivity contribution in [1.29, 1.82) is 0 Å². The summed E-state index contributed by atoms with van der Waals surface area (Å²) >= 11 is 0. The highest BCUT2D eigenvalue weighted by atomic mass is 15.0. The van der Waals surface area contributed by atoms with Crippen molar-refractivity contribution in [1.82, 2.24) is 17.9 Å². The van der Waals surface area contributed by atoms with Gasteiger partial charge in [-0.25, -0.2) is 0 Å². The van der Waals surface area contributed by atoms with E-state index >= 15 is 0 Å². The monoisotopic (exact) mass is 660 g/mol. The zero-order chi connectivity index (χ0) is 33.7. The fourth-order valence-corrected chi connectivity index (χ4v) is 9.73. The zero-order valence-corrected chi connectivity index (χ0v) is 28.0. The highest BCUT2D eigenvalue weighted by Crippen LogP contribution is 2.47. The first-order valence-corrected chi connectivity index (χ1v) is 18.0. The van der Waals surface area contributed by atoms with Crippen molar-refractivity contribution in [2.45, 2.75) is 0 Å². The van der Waals surface area contributed by atoms with Crippen molar-refractivity contribution in [2.75, 3.05) is 0 Å². The first-order valence-electron chi connectivity index (χ1n) is 18.0. The summed E-state index contributed by atoms with van der Waals surface area (Å²) in [4.78, 5) is 0. The Morgan fingerprint density at radius 3 is 1.06 bits per heavy atom. The van der Waals surface area contributed by atoms with Crippen molar-refractivity contribution >= 4 is 98.3 Å². The Morgan fingerprint density at radius 1 is 0.231 bits per heavy atom. The summed E-state index contributed by atoms with van der Waals surface area (Å²) in [7, 11) is 0. The van der Waals surface area contributed by atoms with Crippen LogP contribution in [0.2, 0.25) is 0 Å². The number of hydrogen-bond donors (Lipinski definition) is 0. The molecule has 52 heavy (non-hydrogen) atoms. The van der Waals surface area contributed by atoms with E-state index in [1.807, 2.05) is 0 Å². The van der Waals surface area contributed by atoms with Crippen LogP contribution in [0.15, 0.2) is 170 Å². The van der Waals surface area contributed by atoms with E-state index in [0.717, 1.165) is 0 Å². The largest absolute Gasteiger partial charge is 0.309 e. The minimum atomic E-state index is 1.17. The molecule has 0 N–H and O–H groups in total. The summed E-state index contributed by atoms with van der Waals surface area (Å²) in [6, 6.07) is 62.4. The van der Waals surface area contributed by atoms with E-state index < -0.39 is 0 Å². The molecule has 0 amide bonds. The SMILES string of the molecule is c1ccc(-n2c3ccccc3c3c2ccc2c4cccc5c4n(c4cccc6c7ccc8c(c9ccccc9n8-c8ccccc8)c7n5c64)c23)cc1. The van der Waals surface area contributed by atoms with E-state index in [0.29, 0.717) is 0 Å². The number of fused-ring (bicyclic) bond motifs is 16. The van der Waals surface area contributed by atoms with Gasteiger partial charge in [0.1, 0.15) is 0 Å². The van der Waals surface area contributed by atoms with Crippen LogP contribution >= 0.6 is 0 Å². The minimum Gasteiger partial charge on any atom is -0.309 e. The highest BCUT2D eigenvalue weighted by Gasteiger charge is 2.26. The van der Waals surface area contributed by atoms with Gasteiger partial charge in [-0.3, -0.25) is 0 Å². The highest BCUT2D eigenvalue weighted by molar-refractivity contribution is 6.32. The second-order valence-corrected chi connectivity index (χ2v) is 14.1. The predicted octanol–water partition coefficient (Wildman–Crippen LogP) is 12.4. The maximum Gasteiger partial charge on any atom is 0.0783 e. The molecule has 0 radical (unpaired) electrons. The fraction of sp³-hybridized carbons (Fsp3) is 0. The summed E-state index contributed by atoms with van der Waals surface area (Å²) in [6.45, 7) is 0. The lowest BCUT2D eigenvalue weighted by Gasteiger charge is -2.12. The normalized spacial score (nSPS) is 12.6. The lowest BCUT2D eigenvalue weighted by Crippen LogP contribution is -1.97. The first-order chi connectivity index (χ1) is 25.9. The smallest absolute Gasteiger partial charge is 0.0783 e. The van der Waals surface area contributed by atoms with Crippen LogP contribution in [0.5, 0.6) is 0 Å². The molecule has 0 aliphatic carbocycles. The van der Waals surface area contributed by atoms with E-state index in [4.69, 9.17) is 0 Å². The quantitative estimate of drug-likeness (QED) is 0.164. The third-order valence-corrected chi connectivity index (χ3v) is 11.6. The Bertz CT molecular complexity index is 3370. The molecule has 240 valence electrons. The topological polar surface area (TPSA) is 18.7 Å². The Labute approximate surface area is 296 Å². The molecular weight excluding hydrogens is 633 g/mol. The maximum absolute atomic E-state index is 2.58. The Morgan fingerprint density at radius 2 is 0.596 bits per heavy atom. The van der Waals surface area contributed by atoms with Crippen LogP contribution < -0.4 is 0 Å². The lowest BCUT2D eigenvalue weighted by molar-refractivity contribution is 1.18. The van der Waals surface area contributed by atoms with Gasteiger partial charge in [0.2, 0.25) is 0 Å². The molecule has 4 heteroatoms. The third-order valence-electron chi connectivity index (χ3n) is 11.6. The van der Waals surface area contributed by atoms with Crippen LogP contribution in [-0.4, -0.2) is 17.9 Å². The molecule has 13 aromatic rings. The van der Waals surface area contributed by atoms with Crippen molar-refractivity contribution in [3.63, 3.8) is 0 Å². The van der Waals surface area contributed by atoms with Gasteiger partial charge in [-0.05, 0) is 60.7 Å². The number of nitrogens with zero attached hydrogens (tertiary/aromatic N) is 4. The van der Waals surface area contributed by atoms with Gasteiger partial charge in [0.25, 0.3) is 0 Å². The minimum absolute atomic E-state index is 1.17. The maximum atomic E-state index is 2.58. The third kappa shape index (κ3) is 3.07. The van der Waals surface area contributed by atoms with Crippen molar-refractivity contribution in [3.8, 4) is 11.4 Å². The van der Waals surface area contributed by atoms with Crippen molar-refractivity contribution in [2.24, 2.45) is 0 Å². The van der Waals surface area contributed by atoms with Gasteiger partial charge in [0, 0.05) is 54.5 Å². The molecule has 8 aromatic carbocycles. The van der Waals surface area contributed by atoms with Crippen LogP contribution in [0, 0.1) is 0 Å². The van der Waals surface area contributed by atoms with Crippen LogP contribution in [0.1, 0.15) is 0 Å². The number of rotatable bonds is 2. The summed E-state index contributed by atoms with van der Waals surface area (Å²) in [6.07, 6.45) is 0. The predicted molar refractivity (Wildman–Crippen MR) is 218 cm³/mol. The molecule has 0 saturated carbocycles. The van der Waals surface area contributed by atoms with Gasteiger partial charge < -0.3 is 17.9 Å². The molecule has 4 nitrogen and oxygen atoms in total. The Hall–Kier alpha value is -7.04. The summed E-state index contributed by atoms with van der Waals surface area (Å²) in [5.74, 6) is 0. The van der Waals surface area contributed by atoms with E-state index in [1.165, 1.54) is 110 Å². The van der Waals surface area contributed by atoms with Crippen molar-refractivity contribution in [3.05, 3.63) is 170 Å². The van der Waals surface area contributed by atoms with Gasteiger partial charge in [0.05, 0.1) is 55.2 Å². The van der Waals surface area contributed by atoms with Crippen LogP contribution in [0.3, 0.4) is 0 Å². The molecular formula is C48H28N4. The van der Waals surface area contributed by atoms with E-state index in [2.05, 4.69) is 188 Å². The van der Waals surface area contributed by atoms with Gasteiger partial charge >= 0.3 is 0 Å². The summed E-state index contributed by atoms with van der Waals surface area (Å²) in [5, 5.41) is 10.2. The molecule has 0 saturated heterocycles. The van der Waals surface area contributed by atoms with Gasteiger partial charge in [-0.1, -0.05) is 109 Å². The van der Waals surface area contributed by atoms with Crippen LogP contribution in [0.4, 0.5) is 0 Å². The van der Waals surface area contributed by atoms with Crippen LogP contribution in [-0.2, 0) is 0 Å². The molecule has 0 aliphatic rings. The molecule has 0 spiro atoms. The standard InChI is InChI=1S/C48H28N4/c1-3-13-29(14-4-1)49-37-21-9-7-17-35(37)43-39(49)27-25-33-31-19-11-24-42-45(31)51(47(33)43)41-23-12-20-32-34-26-28-40-44(48(34)52(42)46(32)41)36-18-8-10-22-38(36)50(40)30-15-5-2-6-16-30/h1-28H. The van der Waals surface area contributed by atoms with E-state index in [9.17, 15) is 0 Å². The number of benzene rings is 8.